The molecule has 0 atom stereocenters. The number of nitrogens with zero attached hydrogens (tertiary/aromatic N) is 4. The van der Waals surface area contributed by atoms with Crippen molar-refractivity contribution in [2.45, 2.75) is 12.8 Å². The van der Waals surface area contributed by atoms with Crippen LogP contribution < -0.4 is 10.7 Å². The normalized spacial score (nSPS) is 13.9. The van der Waals surface area contributed by atoms with Crippen LogP contribution in [0.5, 0.6) is 0 Å². The SMILES string of the molecule is C1=c2nc3c4cccc5c6nc7ccccc7nc6c6cccc(c3nc2=CCC1)c6c45. The molecule has 1 aliphatic carbocycles. The molecule has 0 aliphatic heterocycles. The molecular weight excluding hydrogens is 392 g/mol. The van der Waals surface area contributed by atoms with Crippen molar-refractivity contribution in [3.8, 4) is 0 Å². The zero-order valence-corrected chi connectivity index (χ0v) is 17.1. The number of benzene rings is 5. The van der Waals surface area contributed by atoms with Gasteiger partial charge >= 0.3 is 0 Å². The summed E-state index contributed by atoms with van der Waals surface area (Å²) in [6, 6.07) is 21.0. The Balaban J connectivity index is 1.75. The summed E-state index contributed by atoms with van der Waals surface area (Å²) in [5.41, 5.74) is 5.65. The first kappa shape index (κ1) is 16.5. The van der Waals surface area contributed by atoms with Gasteiger partial charge < -0.3 is 0 Å². The molecule has 2 aromatic heterocycles. The van der Waals surface area contributed by atoms with Crippen LogP contribution in [0.25, 0.3) is 77.6 Å². The Morgan fingerprint density at radius 1 is 0.438 bits per heavy atom. The number of aromatic nitrogens is 4. The molecule has 0 bridgehead atoms. The highest BCUT2D eigenvalue weighted by molar-refractivity contribution is 6.38. The highest BCUT2D eigenvalue weighted by Crippen LogP contribution is 2.42. The van der Waals surface area contributed by atoms with Gasteiger partial charge in [-0.25, -0.2) is 19.9 Å². The molecule has 4 heteroatoms. The fourth-order valence-electron chi connectivity index (χ4n) is 5.39. The predicted octanol–water partition coefficient (Wildman–Crippen LogP) is 4.98. The van der Waals surface area contributed by atoms with Gasteiger partial charge in [-0.1, -0.05) is 60.7 Å². The van der Waals surface area contributed by atoms with Crippen LogP contribution in [-0.4, -0.2) is 19.9 Å². The molecule has 32 heavy (non-hydrogen) atoms. The van der Waals surface area contributed by atoms with E-state index in [1.807, 2.05) is 24.3 Å². The predicted molar refractivity (Wildman–Crippen MR) is 131 cm³/mol. The first-order valence-corrected chi connectivity index (χ1v) is 11.0. The number of hydrogen-bond donors (Lipinski definition) is 0. The van der Waals surface area contributed by atoms with Crippen molar-refractivity contribution in [2.75, 3.05) is 0 Å². The molecule has 0 radical (unpaired) electrons. The minimum Gasteiger partial charge on any atom is -0.244 e. The summed E-state index contributed by atoms with van der Waals surface area (Å²) in [5.74, 6) is 0. The van der Waals surface area contributed by atoms with Gasteiger partial charge in [0.25, 0.3) is 0 Å². The Hall–Kier alpha value is -4.18. The fraction of sp³-hybridized carbons (Fsp3) is 0.0714. The Morgan fingerprint density at radius 3 is 1.28 bits per heavy atom. The van der Waals surface area contributed by atoms with E-state index in [4.69, 9.17) is 19.9 Å². The zero-order chi connectivity index (χ0) is 20.8. The van der Waals surface area contributed by atoms with Crippen LogP contribution in [0.2, 0.25) is 0 Å². The molecule has 0 saturated carbocycles. The van der Waals surface area contributed by atoms with Crippen molar-refractivity contribution in [1.82, 2.24) is 19.9 Å². The second kappa shape index (κ2) is 5.74. The van der Waals surface area contributed by atoms with Crippen LogP contribution in [0, 0.1) is 0 Å². The van der Waals surface area contributed by atoms with Gasteiger partial charge in [0.05, 0.1) is 43.8 Å². The van der Waals surface area contributed by atoms with Crippen molar-refractivity contribution < 1.29 is 0 Å². The van der Waals surface area contributed by atoms with Gasteiger partial charge in [0.15, 0.2) is 0 Å². The second-order valence-corrected chi connectivity index (χ2v) is 8.54. The van der Waals surface area contributed by atoms with Crippen molar-refractivity contribution >= 4 is 77.6 Å². The van der Waals surface area contributed by atoms with Crippen molar-refractivity contribution in [1.29, 1.82) is 0 Å². The standard InChI is InChI=1S/C28H16N4/c1-2-12-20-19(11-1)29-25-15-7-5-9-17-23(15)24-16(26(25)30-20)8-6-10-18(24)28-27(17)31-21-13-3-4-14-22(21)32-28/h1-2,5-14H,3-4H2. The van der Waals surface area contributed by atoms with E-state index in [1.54, 1.807) is 0 Å². The number of rotatable bonds is 0. The third-order valence-electron chi connectivity index (χ3n) is 6.76. The molecule has 7 aromatic rings. The Morgan fingerprint density at radius 2 is 0.844 bits per heavy atom. The van der Waals surface area contributed by atoms with Gasteiger partial charge in [-0.2, -0.15) is 0 Å². The molecular formula is C28H16N4. The zero-order valence-electron chi connectivity index (χ0n) is 17.1. The van der Waals surface area contributed by atoms with Gasteiger partial charge in [0.1, 0.15) is 0 Å². The third kappa shape index (κ3) is 1.97. The molecule has 0 N–H and O–H groups in total. The summed E-state index contributed by atoms with van der Waals surface area (Å²) >= 11 is 0. The van der Waals surface area contributed by atoms with Gasteiger partial charge in [-0.15, -0.1) is 0 Å². The van der Waals surface area contributed by atoms with Gasteiger partial charge in [0, 0.05) is 32.3 Å². The Labute approximate surface area is 181 Å². The van der Waals surface area contributed by atoms with E-state index in [9.17, 15) is 0 Å². The maximum atomic E-state index is 5.11. The van der Waals surface area contributed by atoms with E-state index in [-0.39, 0.29) is 0 Å². The lowest BCUT2D eigenvalue weighted by Gasteiger charge is -2.16. The van der Waals surface area contributed by atoms with Crippen LogP contribution >= 0.6 is 0 Å². The molecule has 0 fully saturated rings. The van der Waals surface area contributed by atoms with E-state index in [1.165, 1.54) is 10.8 Å². The molecule has 2 heterocycles. The summed E-state index contributed by atoms with van der Waals surface area (Å²) in [6.45, 7) is 0. The molecule has 148 valence electrons. The molecule has 0 unspecified atom stereocenters. The van der Waals surface area contributed by atoms with Gasteiger partial charge in [0.2, 0.25) is 0 Å². The fourth-order valence-corrected chi connectivity index (χ4v) is 5.39. The summed E-state index contributed by atoms with van der Waals surface area (Å²) in [7, 11) is 0. The quantitative estimate of drug-likeness (QED) is 0.262. The second-order valence-electron chi connectivity index (χ2n) is 8.54. The average Bonchev–Trinajstić information content (AvgIpc) is 2.86. The molecule has 0 saturated heterocycles. The third-order valence-corrected chi connectivity index (χ3v) is 6.76. The van der Waals surface area contributed by atoms with Crippen molar-refractivity contribution in [3.63, 3.8) is 0 Å². The minimum absolute atomic E-state index is 0.915. The van der Waals surface area contributed by atoms with Crippen molar-refractivity contribution in [3.05, 3.63) is 71.4 Å². The van der Waals surface area contributed by atoms with Crippen LogP contribution in [0.4, 0.5) is 0 Å². The van der Waals surface area contributed by atoms with E-state index < -0.39 is 0 Å². The largest absolute Gasteiger partial charge is 0.244 e. The molecule has 1 aliphatic rings. The lowest BCUT2D eigenvalue weighted by Crippen LogP contribution is -2.33. The molecule has 0 spiro atoms. The van der Waals surface area contributed by atoms with E-state index in [0.717, 1.165) is 78.2 Å². The summed E-state index contributed by atoms with van der Waals surface area (Å²) < 4.78 is 0. The van der Waals surface area contributed by atoms with Gasteiger partial charge in [-0.3, -0.25) is 0 Å². The number of para-hydroxylation sites is 2. The monoisotopic (exact) mass is 408 g/mol. The van der Waals surface area contributed by atoms with Crippen LogP contribution in [-0.2, 0) is 0 Å². The maximum Gasteiger partial charge on any atom is 0.0979 e. The highest BCUT2D eigenvalue weighted by atomic mass is 14.8. The van der Waals surface area contributed by atoms with E-state index >= 15 is 0 Å². The molecule has 4 nitrogen and oxygen atoms in total. The van der Waals surface area contributed by atoms with E-state index in [0.29, 0.717) is 0 Å². The first-order chi connectivity index (χ1) is 15.9. The van der Waals surface area contributed by atoms with Gasteiger partial charge in [-0.05, 0) is 25.0 Å². The first-order valence-electron chi connectivity index (χ1n) is 11.0. The lowest BCUT2D eigenvalue weighted by molar-refractivity contribution is 1.05. The van der Waals surface area contributed by atoms with Crippen molar-refractivity contribution in [2.24, 2.45) is 0 Å². The molecule has 5 aromatic carbocycles. The smallest absolute Gasteiger partial charge is 0.0979 e. The van der Waals surface area contributed by atoms with Crippen LogP contribution in [0.1, 0.15) is 12.8 Å². The summed E-state index contributed by atoms with van der Waals surface area (Å²) in [4.78, 5) is 20.4. The maximum absolute atomic E-state index is 5.11. The average molecular weight is 408 g/mol. The highest BCUT2D eigenvalue weighted by Gasteiger charge is 2.20. The van der Waals surface area contributed by atoms with Crippen LogP contribution in [0.3, 0.4) is 0 Å². The molecule has 0 amide bonds. The van der Waals surface area contributed by atoms with Crippen LogP contribution in [0.15, 0.2) is 60.7 Å². The summed E-state index contributed by atoms with van der Waals surface area (Å²) in [5, 5.41) is 8.91. The molecule has 8 rings (SSSR count). The Kier molecular flexibility index (Phi) is 2.96. The number of fused-ring (bicyclic) bond motifs is 8. The lowest BCUT2D eigenvalue weighted by atomic mass is 9.91. The number of hydrogen-bond acceptors (Lipinski definition) is 4. The minimum atomic E-state index is 0.915. The topological polar surface area (TPSA) is 51.6 Å². The van der Waals surface area contributed by atoms with E-state index in [2.05, 4.69) is 48.6 Å². The Bertz CT molecular complexity index is 1890. The summed E-state index contributed by atoms with van der Waals surface area (Å²) in [6.07, 6.45) is 6.45.